The summed E-state index contributed by atoms with van der Waals surface area (Å²) in [5, 5.41) is 2.61. The molecular weight excluding hydrogens is 274 g/mol. The summed E-state index contributed by atoms with van der Waals surface area (Å²) in [6, 6.07) is 5.75. The molecule has 0 heterocycles. The van der Waals surface area contributed by atoms with Crippen molar-refractivity contribution >= 4 is 23.1 Å². The first kappa shape index (κ1) is 16.4. The van der Waals surface area contributed by atoms with Gasteiger partial charge in [-0.25, -0.2) is 0 Å². The molecule has 0 fully saturated rings. The summed E-state index contributed by atoms with van der Waals surface area (Å²) in [4.78, 5) is 13.6. The van der Waals surface area contributed by atoms with E-state index in [1.54, 1.807) is 14.2 Å². The minimum absolute atomic E-state index is 0.0374. The molecule has 20 heavy (non-hydrogen) atoms. The summed E-state index contributed by atoms with van der Waals surface area (Å²) in [6.45, 7) is 1.41. The highest BCUT2D eigenvalue weighted by Gasteiger charge is 2.09. The van der Waals surface area contributed by atoms with Crippen molar-refractivity contribution in [1.29, 1.82) is 0 Å². The maximum Gasteiger partial charge on any atom is 0.221 e. The van der Waals surface area contributed by atoms with Gasteiger partial charge in [0, 0.05) is 26.6 Å². The second-order valence-electron chi connectivity index (χ2n) is 4.56. The lowest BCUT2D eigenvalue weighted by Crippen LogP contribution is -2.26. The fourth-order valence-electron chi connectivity index (χ4n) is 1.85. The fraction of sp³-hybridized carbons (Fsp3) is 0.429. The lowest BCUT2D eigenvalue weighted by atomic mass is 10.1. The molecule has 0 aliphatic carbocycles. The van der Waals surface area contributed by atoms with Crippen LogP contribution < -0.4 is 15.8 Å². The highest BCUT2D eigenvalue weighted by atomic mass is 32.1. The molecule has 0 saturated heterocycles. The van der Waals surface area contributed by atoms with Crippen LogP contribution in [-0.4, -0.2) is 43.5 Å². The summed E-state index contributed by atoms with van der Waals surface area (Å²) in [7, 11) is 5.19. The fourth-order valence-corrected chi connectivity index (χ4v) is 2.01. The standard InChI is InChI=1S/C14H21N3O2S/c1-16-13(18)6-7-17(2)9-10-4-5-12(19-3)11(8-10)14(15)20/h4-5,8H,6-7,9H2,1-3H3,(H2,15,20)(H,16,18). The number of hydrogen-bond donors (Lipinski definition) is 2. The minimum Gasteiger partial charge on any atom is -0.496 e. The Hall–Kier alpha value is -1.66. The number of nitrogens with zero attached hydrogens (tertiary/aromatic N) is 1. The predicted octanol–water partition coefficient (Wildman–Crippen LogP) is 0.897. The highest BCUT2D eigenvalue weighted by Crippen LogP contribution is 2.20. The number of nitrogens with two attached hydrogens (primary N) is 1. The smallest absolute Gasteiger partial charge is 0.221 e. The van der Waals surface area contributed by atoms with Crippen LogP contribution in [0.4, 0.5) is 0 Å². The monoisotopic (exact) mass is 295 g/mol. The molecule has 5 nitrogen and oxygen atoms in total. The van der Waals surface area contributed by atoms with Crippen molar-refractivity contribution in [3.63, 3.8) is 0 Å². The molecule has 3 N–H and O–H groups in total. The second kappa shape index (κ2) is 7.81. The molecule has 0 atom stereocenters. The van der Waals surface area contributed by atoms with E-state index in [0.717, 1.165) is 17.7 Å². The number of thiocarbonyl (C=S) groups is 1. The van der Waals surface area contributed by atoms with Crippen molar-refractivity contribution in [2.75, 3.05) is 27.7 Å². The van der Waals surface area contributed by atoms with Crippen LogP contribution in [0.25, 0.3) is 0 Å². The van der Waals surface area contributed by atoms with Crippen molar-refractivity contribution in [1.82, 2.24) is 10.2 Å². The number of rotatable bonds is 7. The highest BCUT2D eigenvalue weighted by molar-refractivity contribution is 7.80. The third-order valence-electron chi connectivity index (χ3n) is 2.98. The largest absolute Gasteiger partial charge is 0.496 e. The Kier molecular flexibility index (Phi) is 6.41. The molecule has 1 aromatic carbocycles. The maximum absolute atomic E-state index is 11.2. The van der Waals surface area contributed by atoms with Crippen LogP contribution in [0.2, 0.25) is 0 Å². The summed E-state index contributed by atoms with van der Waals surface area (Å²) in [5.41, 5.74) is 7.50. The lowest BCUT2D eigenvalue weighted by molar-refractivity contribution is -0.120. The van der Waals surface area contributed by atoms with Crippen molar-refractivity contribution in [2.45, 2.75) is 13.0 Å². The zero-order valence-corrected chi connectivity index (χ0v) is 12.9. The molecule has 0 saturated carbocycles. The number of hydrogen-bond acceptors (Lipinski definition) is 4. The maximum atomic E-state index is 11.2. The van der Waals surface area contributed by atoms with Crippen LogP contribution in [0.1, 0.15) is 17.5 Å². The van der Waals surface area contributed by atoms with Gasteiger partial charge in [-0.3, -0.25) is 4.79 Å². The molecule has 0 unspecified atom stereocenters. The van der Waals surface area contributed by atoms with Crippen molar-refractivity contribution in [2.24, 2.45) is 5.73 Å². The van der Waals surface area contributed by atoms with E-state index in [2.05, 4.69) is 10.2 Å². The van der Waals surface area contributed by atoms with Crippen molar-refractivity contribution in [3.05, 3.63) is 29.3 Å². The van der Waals surface area contributed by atoms with Gasteiger partial charge < -0.3 is 20.7 Å². The van der Waals surface area contributed by atoms with Gasteiger partial charge in [0.2, 0.25) is 5.91 Å². The third-order valence-corrected chi connectivity index (χ3v) is 3.20. The Morgan fingerprint density at radius 3 is 2.75 bits per heavy atom. The molecule has 110 valence electrons. The van der Waals surface area contributed by atoms with Gasteiger partial charge >= 0.3 is 0 Å². The van der Waals surface area contributed by atoms with Gasteiger partial charge in [-0.1, -0.05) is 18.3 Å². The Morgan fingerprint density at radius 2 is 2.20 bits per heavy atom. The number of carbonyl (C=O) groups excluding carboxylic acids is 1. The van der Waals surface area contributed by atoms with E-state index in [4.69, 9.17) is 22.7 Å². The van der Waals surface area contributed by atoms with Gasteiger partial charge in [-0.2, -0.15) is 0 Å². The van der Waals surface area contributed by atoms with E-state index in [1.165, 1.54) is 0 Å². The Labute approximate surface area is 125 Å². The van der Waals surface area contributed by atoms with Crippen LogP contribution in [0, 0.1) is 0 Å². The third kappa shape index (κ3) is 4.79. The topological polar surface area (TPSA) is 67.6 Å². The van der Waals surface area contributed by atoms with E-state index in [1.807, 2.05) is 25.2 Å². The zero-order valence-electron chi connectivity index (χ0n) is 12.1. The zero-order chi connectivity index (χ0) is 15.1. The van der Waals surface area contributed by atoms with E-state index in [0.29, 0.717) is 23.7 Å². The van der Waals surface area contributed by atoms with Gasteiger partial charge in [0.25, 0.3) is 0 Å². The summed E-state index contributed by atoms with van der Waals surface area (Å²) < 4.78 is 5.23. The lowest BCUT2D eigenvalue weighted by Gasteiger charge is -2.17. The van der Waals surface area contributed by atoms with Crippen LogP contribution in [0.15, 0.2) is 18.2 Å². The first-order chi connectivity index (χ1) is 9.47. The molecule has 0 bridgehead atoms. The minimum atomic E-state index is 0.0374. The summed E-state index contributed by atoms with van der Waals surface area (Å²) in [5.74, 6) is 0.713. The molecule has 1 aromatic rings. The predicted molar refractivity (Wildman–Crippen MR) is 83.9 cm³/mol. The SMILES string of the molecule is CNC(=O)CCN(C)Cc1ccc(OC)c(C(N)=S)c1. The average Bonchev–Trinajstić information content (AvgIpc) is 2.44. The van der Waals surface area contributed by atoms with Gasteiger partial charge in [0.1, 0.15) is 10.7 Å². The number of nitrogens with one attached hydrogen (secondary N) is 1. The molecule has 0 aromatic heterocycles. The number of ether oxygens (including phenoxy) is 1. The van der Waals surface area contributed by atoms with Gasteiger partial charge in [-0.15, -0.1) is 0 Å². The average molecular weight is 295 g/mol. The van der Waals surface area contributed by atoms with Gasteiger partial charge in [-0.05, 0) is 24.7 Å². The van der Waals surface area contributed by atoms with Crippen LogP contribution >= 0.6 is 12.2 Å². The van der Waals surface area contributed by atoms with Crippen LogP contribution in [-0.2, 0) is 11.3 Å². The molecule has 1 amide bonds. The molecule has 0 radical (unpaired) electrons. The van der Waals surface area contributed by atoms with E-state index in [9.17, 15) is 4.79 Å². The number of benzene rings is 1. The van der Waals surface area contributed by atoms with Crippen molar-refractivity contribution in [3.8, 4) is 5.75 Å². The molecule has 6 heteroatoms. The number of amides is 1. The first-order valence-electron chi connectivity index (χ1n) is 6.33. The Bertz CT molecular complexity index is 491. The van der Waals surface area contributed by atoms with E-state index >= 15 is 0 Å². The quantitative estimate of drug-likeness (QED) is 0.732. The Balaban J connectivity index is 2.70. The molecule has 0 aliphatic rings. The normalized spacial score (nSPS) is 10.4. The molecule has 1 rings (SSSR count). The van der Waals surface area contributed by atoms with Gasteiger partial charge in [0.05, 0.1) is 12.7 Å². The molecule has 0 spiro atoms. The number of carbonyl (C=O) groups is 1. The van der Waals surface area contributed by atoms with E-state index in [-0.39, 0.29) is 5.91 Å². The molecule has 0 aliphatic heterocycles. The Morgan fingerprint density at radius 1 is 1.50 bits per heavy atom. The van der Waals surface area contributed by atoms with Crippen LogP contribution in [0.3, 0.4) is 0 Å². The second-order valence-corrected chi connectivity index (χ2v) is 5.00. The van der Waals surface area contributed by atoms with Gasteiger partial charge in [0.15, 0.2) is 0 Å². The summed E-state index contributed by atoms with van der Waals surface area (Å²) >= 11 is 5.02. The van der Waals surface area contributed by atoms with Crippen molar-refractivity contribution < 1.29 is 9.53 Å². The first-order valence-corrected chi connectivity index (χ1v) is 6.74. The van der Waals surface area contributed by atoms with E-state index < -0.39 is 0 Å². The van der Waals surface area contributed by atoms with Crippen LogP contribution in [0.5, 0.6) is 5.75 Å². The summed E-state index contributed by atoms with van der Waals surface area (Å²) in [6.07, 6.45) is 0.477. The number of methoxy groups -OCH3 is 1. The molecular formula is C14H21N3O2S.